The number of imidazole rings is 1. The first-order chi connectivity index (χ1) is 15.4. The molecule has 9 nitrogen and oxygen atoms in total. The summed E-state index contributed by atoms with van der Waals surface area (Å²) in [6, 6.07) is 0.357. The Bertz CT molecular complexity index is 948. The Balaban J connectivity index is 1.44. The molecule has 2 aromatic rings. The molecule has 4 rings (SSSR count). The van der Waals surface area contributed by atoms with Crippen LogP contribution < -0.4 is 5.32 Å². The molecule has 1 saturated carbocycles. The monoisotopic (exact) mass is 479 g/mol. The summed E-state index contributed by atoms with van der Waals surface area (Å²) in [7, 11) is 1.67. The summed E-state index contributed by atoms with van der Waals surface area (Å²) < 4.78 is 7.88. The van der Waals surface area contributed by atoms with Crippen molar-refractivity contribution in [3.8, 4) is 0 Å². The predicted octanol–water partition coefficient (Wildman–Crippen LogP) is 4.32. The molecular formula is C21H29N5O4S2. The van der Waals surface area contributed by atoms with Crippen LogP contribution in [-0.2, 0) is 11.8 Å². The van der Waals surface area contributed by atoms with Crippen molar-refractivity contribution in [3.05, 3.63) is 18.1 Å². The first-order valence-electron chi connectivity index (χ1n) is 11.0. The Labute approximate surface area is 195 Å². The van der Waals surface area contributed by atoms with Crippen LogP contribution in [0.1, 0.15) is 55.9 Å². The van der Waals surface area contributed by atoms with Gasteiger partial charge in [0, 0.05) is 32.3 Å². The fraction of sp³-hybridized carbons (Fsp3) is 0.619. The molecule has 2 aromatic heterocycles. The van der Waals surface area contributed by atoms with Crippen molar-refractivity contribution in [3.63, 3.8) is 0 Å². The van der Waals surface area contributed by atoms with Crippen LogP contribution in [0.15, 0.2) is 21.8 Å². The normalized spacial score (nSPS) is 21.9. The average Bonchev–Trinajstić information content (AvgIpc) is 3.37. The molecule has 0 spiro atoms. The molecule has 11 heteroatoms. The highest BCUT2D eigenvalue weighted by Crippen LogP contribution is 2.35. The quantitative estimate of drug-likeness (QED) is 0.635. The zero-order chi connectivity index (χ0) is 22.7. The summed E-state index contributed by atoms with van der Waals surface area (Å²) in [6.45, 7) is 3.67. The van der Waals surface area contributed by atoms with Crippen LogP contribution in [0.5, 0.6) is 0 Å². The summed E-state index contributed by atoms with van der Waals surface area (Å²) in [5.41, 5.74) is 0.124. The fourth-order valence-electron chi connectivity index (χ4n) is 4.41. The van der Waals surface area contributed by atoms with Crippen molar-refractivity contribution in [1.82, 2.24) is 19.4 Å². The van der Waals surface area contributed by atoms with E-state index in [9.17, 15) is 14.7 Å². The molecule has 2 aliphatic rings. The van der Waals surface area contributed by atoms with E-state index in [0.29, 0.717) is 23.5 Å². The number of ether oxygens (including phenoxy) is 1. The molecule has 1 aliphatic heterocycles. The van der Waals surface area contributed by atoms with Crippen LogP contribution >= 0.6 is 23.1 Å². The van der Waals surface area contributed by atoms with Crippen LogP contribution in [-0.4, -0.2) is 61.8 Å². The van der Waals surface area contributed by atoms with Gasteiger partial charge in [-0.3, -0.25) is 5.32 Å². The Morgan fingerprint density at radius 1 is 1.16 bits per heavy atom. The molecule has 0 aromatic carbocycles. The van der Waals surface area contributed by atoms with Gasteiger partial charge in [-0.2, -0.15) is 0 Å². The zero-order valence-corrected chi connectivity index (χ0v) is 20.0. The highest BCUT2D eigenvalue weighted by Gasteiger charge is 2.34. The van der Waals surface area contributed by atoms with Crippen molar-refractivity contribution in [2.24, 2.45) is 13.0 Å². The molecule has 3 heterocycles. The highest BCUT2D eigenvalue weighted by molar-refractivity contribution is 8.01. The van der Waals surface area contributed by atoms with Crippen molar-refractivity contribution >= 4 is 40.2 Å². The number of carbonyl (C=O) groups is 2. The van der Waals surface area contributed by atoms with Crippen LogP contribution in [0.4, 0.5) is 9.93 Å². The van der Waals surface area contributed by atoms with Crippen LogP contribution in [0.2, 0.25) is 0 Å². The predicted molar refractivity (Wildman–Crippen MR) is 123 cm³/mol. The maximum absolute atomic E-state index is 13.3. The second-order valence-corrected chi connectivity index (χ2v) is 10.8. The molecular weight excluding hydrogens is 450 g/mol. The Morgan fingerprint density at radius 3 is 2.50 bits per heavy atom. The van der Waals surface area contributed by atoms with Gasteiger partial charge >= 0.3 is 12.0 Å². The summed E-state index contributed by atoms with van der Waals surface area (Å²) in [4.78, 5) is 35.2. The van der Waals surface area contributed by atoms with E-state index in [-0.39, 0.29) is 23.8 Å². The van der Waals surface area contributed by atoms with E-state index in [1.807, 2.05) is 0 Å². The Hall–Kier alpha value is -2.11. The molecule has 1 aliphatic carbocycles. The van der Waals surface area contributed by atoms with Crippen molar-refractivity contribution in [1.29, 1.82) is 0 Å². The molecule has 2 amide bonds. The van der Waals surface area contributed by atoms with Crippen LogP contribution in [0.25, 0.3) is 0 Å². The zero-order valence-electron chi connectivity index (χ0n) is 18.3. The third-order valence-corrected chi connectivity index (χ3v) is 8.33. The molecule has 2 fully saturated rings. The number of carboxylic acids is 1. The van der Waals surface area contributed by atoms with Crippen LogP contribution in [0, 0.1) is 5.92 Å². The lowest BCUT2D eigenvalue weighted by Gasteiger charge is -2.42. The van der Waals surface area contributed by atoms with E-state index in [1.54, 1.807) is 13.2 Å². The topological polar surface area (TPSA) is 110 Å². The third kappa shape index (κ3) is 5.26. The molecule has 2 N–H and O–H groups in total. The maximum Gasteiger partial charge on any atom is 0.354 e. The van der Waals surface area contributed by atoms with Crippen LogP contribution in [0.3, 0.4) is 0 Å². The van der Waals surface area contributed by atoms with E-state index in [1.165, 1.54) is 33.9 Å². The maximum atomic E-state index is 13.3. The molecule has 174 valence electrons. The van der Waals surface area contributed by atoms with E-state index in [2.05, 4.69) is 27.1 Å². The number of rotatable bonds is 6. The average molecular weight is 480 g/mol. The number of nitrogens with one attached hydrogen (secondary N) is 1. The Morgan fingerprint density at radius 2 is 1.84 bits per heavy atom. The SMILES string of the molecule is CC1CCC(N(C(=O)Nc2ncc(Sc3ncc(C(=O)O)n3C)s2)C2CCOCC2)CC1. The molecule has 1 saturated heterocycles. The lowest BCUT2D eigenvalue weighted by Crippen LogP contribution is -2.52. The summed E-state index contributed by atoms with van der Waals surface area (Å²) >= 11 is 2.69. The van der Waals surface area contributed by atoms with Crippen molar-refractivity contribution in [2.75, 3.05) is 18.5 Å². The van der Waals surface area contributed by atoms with E-state index >= 15 is 0 Å². The summed E-state index contributed by atoms with van der Waals surface area (Å²) in [6.07, 6.45) is 9.13. The first-order valence-corrected chi connectivity index (χ1v) is 12.6. The number of aromatic carboxylic acids is 1. The Kier molecular flexibility index (Phi) is 7.37. The van der Waals surface area contributed by atoms with Gasteiger partial charge in [0.1, 0.15) is 5.69 Å². The van der Waals surface area contributed by atoms with Crippen molar-refractivity contribution in [2.45, 2.75) is 66.9 Å². The van der Waals surface area contributed by atoms with E-state index in [0.717, 1.165) is 48.7 Å². The molecule has 32 heavy (non-hydrogen) atoms. The van der Waals surface area contributed by atoms with Gasteiger partial charge in [0.05, 0.1) is 16.6 Å². The summed E-state index contributed by atoms with van der Waals surface area (Å²) in [5, 5.41) is 13.3. The number of anilines is 1. The van der Waals surface area contributed by atoms with Gasteiger partial charge in [-0.15, -0.1) is 0 Å². The number of urea groups is 1. The van der Waals surface area contributed by atoms with E-state index < -0.39 is 5.97 Å². The van der Waals surface area contributed by atoms with Gasteiger partial charge in [-0.1, -0.05) is 18.3 Å². The third-order valence-electron chi connectivity index (χ3n) is 6.25. The molecule has 0 atom stereocenters. The number of amides is 2. The minimum absolute atomic E-state index is 0.0903. The standard InChI is InChI=1S/C21H29N5O4S2/c1-13-3-5-14(6-4-13)26(15-7-9-30-10-8-15)20(29)24-19-22-12-17(31-19)32-21-23-11-16(18(27)28)25(21)2/h11-15H,3-10H2,1-2H3,(H,27,28)(H,22,24,29). The lowest BCUT2D eigenvalue weighted by atomic mass is 9.85. The molecule has 0 unspecified atom stereocenters. The van der Waals surface area contributed by atoms with Crippen molar-refractivity contribution < 1.29 is 19.4 Å². The number of aromatic nitrogens is 3. The number of carbonyl (C=O) groups excluding carboxylic acids is 1. The fourth-order valence-corrected chi connectivity index (χ4v) is 6.20. The smallest absolute Gasteiger partial charge is 0.354 e. The number of hydrogen-bond donors (Lipinski definition) is 2. The number of thiazole rings is 1. The first kappa shape index (κ1) is 23.1. The second-order valence-electron chi connectivity index (χ2n) is 8.47. The number of carboxylic acid groups (broad SMARTS) is 1. The molecule has 0 radical (unpaired) electrons. The molecule has 0 bridgehead atoms. The lowest BCUT2D eigenvalue weighted by molar-refractivity contribution is 0.0279. The highest BCUT2D eigenvalue weighted by atomic mass is 32.2. The van der Waals surface area contributed by atoms with E-state index in [4.69, 9.17) is 4.74 Å². The minimum Gasteiger partial charge on any atom is -0.477 e. The number of hydrogen-bond acceptors (Lipinski definition) is 7. The number of nitrogens with zero attached hydrogens (tertiary/aromatic N) is 4. The van der Waals surface area contributed by atoms with Gasteiger partial charge in [0.2, 0.25) is 0 Å². The summed E-state index contributed by atoms with van der Waals surface area (Å²) in [5.74, 6) is -0.299. The minimum atomic E-state index is -1.02. The van der Waals surface area contributed by atoms with Gasteiger partial charge in [0.25, 0.3) is 0 Å². The van der Waals surface area contributed by atoms with Gasteiger partial charge in [-0.05, 0) is 56.2 Å². The van der Waals surface area contributed by atoms with Gasteiger partial charge in [-0.25, -0.2) is 19.6 Å². The second kappa shape index (κ2) is 10.2. The largest absolute Gasteiger partial charge is 0.477 e. The van der Waals surface area contributed by atoms with Gasteiger partial charge < -0.3 is 19.3 Å². The van der Waals surface area contributed by atoms with Gasteiger partial charge in [0.15, 0.2) is 10.3 Å².